The lowest BCUT2D eigenvalue weighted by molar-refractivity contribution is -0.138. The molecule has 15 heteroatoms. The minimum atomic E-state index is -4.67. The highest BCUT2D eigenvalue weighted by Crippen LogP contribution is 2.34. The van der Waals surface area contributed by atoms with E-state index in [2.05, 4.69) is 15.3 Å². The number of hydrogen-bond donors (Lipinski definition) is 1. The van der Waals surface area contributed by atoms with Gasteiger partial charge in [0.1, 0.15) is 11.9 Å². The lowest BCUT2D eigenvalue weighted by atomic mass is 10.1. The summed E-state index contributed by atoms with van der Waals surface area (Å²) in [6, 6.07) is 12.6. The molecule has 1 aromatic heterocycles. The maximum absolute atomic E-state index is 13.4. The maximum atomic E-state index is 13.4. The number of nitrogens with one attached hydrogen (secondary N) is 1. The van der Waals surface area contributed by atoms with Crippen LogP contribution in [0.15, 0.2) is 83.8 Å². The molecule has 0 radical (unpaired) electrons. The number of halogens is 7. The molecule has 1 unspecified atom stereocenters. The van der Waals surface area contributed by atoms with Crippen LogP contribution in [0, 0.1) is 5.82 Å². The Morgan fingerprint density at radius 2 is 1.51 bits per heavy atom. The smallest absolute Gasteiger partial charge is 0.349 e. The van der Waals surface area contributed by atoms with Gasteiger partial charge >= 0.3 is 12.4 Å². The van der Waals surface area contributed by atoms with Gasteiger partial charge in [0.05, 0.1) is 34.0 Å². The van der Waals surface area contributed by atoms with Crippen molar-refractivity contribution in [2.24, 2.45) is 0 Å². The summed E-state index contributed by atoms with van der Waals surface area (Å²) in [4.78, 5) is 21.6. The maximum Gasteiger partial charge on any atom is 0.416 e. The number of carbonyl (C=O) groups excluding carboxylic acids is 1. The van der Waals surface area contributed by atoms with E-state index < -0.39 is 51.3 Å². The van der Waals surface area contributed by atoms with Crippen LogP contribution in [0.4, 0.5) is 30.7 Å². The Kier molecular flexibility index (Phi) is 8.68. The average molecular weight is 653 g/mol. The average Bonchev–Trinajstić information content (AvgIpc) is 3.51. The Morgan fingerprint density at radius 1 is 0.844 bits per heavy atom. The third kappa shape index (κ3) is 7.14. The molecule has 1 atom stereocenters. The normalized spacial score (nSPS) is 16.1. The predicted molar refractivity (Wildman–Crippen MR) is 148 cm³/mol. The first-order valence-corrected chi connectivity index (χ1v) is 14.9. The molecule has 0 saturated carbocycles. The summed E-state index contributed by atoms with van der Waals surface area (Å²) in [6.07, 6.45) is -8.69. The number of carbonyl (C=O) groups is 1. The Labute approximate surface area is 252 Å². The van der Waals surface area contributed by atoms with E-state index in [1.807, 2.05) is 0 Å². The molecule has 1 aliphatic rings. The minimum absolute atomic E-state index is 0.0291. The SMILES string of the molecule is O=C(NCc1cc(-c2ccc(C(F)(F)F)cc2)nc(-c2cccc(C(F)(F)F)c2)n1)C1CCCN1S(=O)(=O)c1ccc(F)cc1. The molecule has 1 saturated heterocycles. The Hall–Kier alpha value is -4.37. The lowest BCUT2D eigenvalue weighted by Gasteiger charge is -2.23. The van der Waals surface area contributed by atoms with Gasteiger partial charge in [-0.2, -0.15) is 30.6 Å². The summed E-state index contributed by atoms with van der Waals surface area (Å²) in [5, 5.41) is 2.60. The Balaban J connectivity index is 1.44. The van der Waals surface area contributed by atoms with Crippen molar-refractivity contribution in [2.75, 3.05) is 6.54 Å². The van der Waals surface area contributed by atoms with Crippen molar-refractivity contribution in [1.29, 1.82) is 0 Å². The number of alkyl halides is 6. The number of benzene rings is 3. The molecule has 1 aliphatic heterocycles. The standard InChI is InChI=1S/C30H23F7N4O3S/c31-22-10-12-24(13-11-22)45(43,44)41-14-2-5-26(41)28(42)38-17-23-16-25(18-6-8-20(9-7-18)29(32,33)34)40-27(39-23)19-3-1-4-21(15-19)30(35,36)37/h1,3-4,6-13,15-16,26H,2,5,14,17H2,(H,38,42). The van der Waals surface area contributed by atoms with Crippen LogP contribution in [0.1, 0.15) is 29.7 Å². The van der Waals surface area contributed by atoms with E-state index in [0.29, 0.717) is 6.42 Å². The second-order valence-corrected chi connectivity index (χ2v) is 12.1. The fourth-order valence-corrected chi connectivity index (χ4v) is 6.51. The van der Waals surface area contributed by atoms with Crippen LogP contribution >= 0.6 is 0 Å². The number of hydrogen-bond acceptors (Lipinski definition) is 5. The number of aromatic nitrogens is 2. The van der Waals surface area contributed by atoms with E-state index in [1.165, 1.54) is 12.1 Å². The zero-order valence-electron chi connectivity index (χ0n) is 23.0. The topological polar surface area (TPSA) is 92.3 Å². The second kappa shape index (κ2) is 12.2. The minimum Gasteiger partial charge on any atom is -0.349 e. The quantitative estimate of drug-likeness (QED) is 0.232. The Bertz CT molecular complexity index is 1810. The van der Waals surface area contributed by atoms with Gasteiger partial charge in [0.25, 0.3) is 0 Å². The summed E-state index contributed by atoms with van der Waals surface area (Å²) in [5.74, 6) is -1.48. The van der Waals surface area contributed by atoms with Gasteiger partial charge in [-0.25, -0.2) is 22.8 Å². The largest absolute Gasteiger partial charge is 0.416 e. The summed E-state index contributed by atoms with van der Waals surface area (Å²) >= 11 is 0. The molecule has 3 aromatic carbocycles. The monoisotopic (exact) mass is 652 g/mol. The lowest BCUT2D eigenvalue weighted by Crippen LogP contribution is -2.45. The van der Waals surface area contributed by atoms with E-state index in [-0.39, 0.29) is 52.7 Å². The molecule has 2 heterocycles. The zero-order valence-corrected chi connectivity index (χ0v) is 23.8. The highest BCUT2D eigenvalue weighted by molar-refractivity contribution is 7.89. The van der Waals surface area contributed by atoms with Crippen molar-refractivity contribution in [2.45, 2.75) is 42.7 Å². The van der Waals surface area contributed by atoms with Gasteiger partial charge in [-0.1, -0.05) is 24.3 Å². The van der Waals surface area contributed by atoms with Crippen LogP contribution in [0.2, 0.25) is 0 Å². The van der Waals surface area contributed by atoms with E-state index in [4.69, 9.17) is 0 Å². The van der Waals surface area contributed by atoms with Gasteiger partial charge in [0, 0.05) is 17.7 Å². The summed E-state index contributed by atoms with van der Waals surface area (Å²) < 4.78 is 120. The highest BCUT2D eigenvalue weighted by Gasteiger charge is 2.39. The van der Waals surface area contributed by atoms with Crippen LogP contribution in [0.3, 0.4) is 0 Å². The molecule has 5 rings (SSSR count). The molecule has 1 fully saturated rings. The first-order valence-electron chi connectivity index (χ1n) is 13.4. The van der Waals surface area contributed by atoms with Crippen LogP contribution < -0.4 is 5.32 Å². The number of nitrogens with zero attached hydrogens (tertiary/aromatic N) is 3. The molecular formula is C30H23F7N4O3S. The van der Waals surface area contributed by atoms with Crippen molar-refractivity contribution in [3.8, 4) is 22.6 Å². The van der Waals surface area contributed by atoms with Crippen LogP contribution in [-0.2, 0) is 33.7 Å². The summed E-state index contributed by atoms with van der Waals surface area (Å²) in [7, 11) is -4.14. The molecule has 0 bridgehead atoms. The molecule has 7 nitrogen and oxygen atoms in total. The van der Waals surface area contributed by atoms with Crippen LogP contribution in [0.25, 0.3) is 22.6 Å². The van der Waals surface area contributed by atoms with Crippen molar-refractivity contribution in [3.05, 3.63) is 102 Å². The molecular weight excluding hydrogens is 629 g/mol. The van der Waals surface area contributed by atoms with Gasteiger partial charge < -0.3 is 5.32 Å². The molecule has 0 aliphatic carbocycles. The first kappa shape index (κ1) is 32.0. The van der Waals surface area contributed by atoms with E-state index in [1.54, 1.807) is 0 Å². The van der Waals surface area contributed by atoms with Gasteiger partial charge in [-0.15, -0.1) is 0 Å². The fourth-order valence-electron chi connectivity index (χ4n) is 4.86. The number of amides is 1. The van der Waals surface area contributed by atoms with Crippen LogP contribution in [0.5, 0.6) is 0 Å². The van der Waals surface area contributed by atoms with Crippen molar-refractivity contribution >= 4 is 15.9 Å². The Morgan fingerprint density at radius 3 is 2.16 bits per heavy atom. The van der Waals surface area contributed by atoms with Crippen molar-refractivity contribution in [3.63, 3.8) is 0 Å². The van der Waals surface area contributed by atoms with E-state index in [9.17, 15) is 43.9 Å². The van der Waals surface area contributed by atoms with E-state index >= 15 is 0 Å². The molecule has 1 amide bonds. The van der Waals surface area contributed by atoms with E-state index in [0.717, 1.165) is 71.0 Å². The predicted octanol–water partition coefficient (Wildman–Crippen LogP) is 6.46. The van der Waals surface area contributed by atoms with Gasteiger partial charge in [-0.05, 0) is 67.4 Å². The molecule has 1 N–H and O–H groups in total. The molecule has 4 aromatic rings. The van der Waals surface area contributed by atoms with Crippen molar-refractivity contribution in [1.82, 2.24) is 19.6 Å². The number of rotatable bonds is 7. The summed E-state index contributed by atoms with van der Waals surface area (Å²) in [6.45, 7) is -0.259. The van der Waals surface area contributed by atoms with Gasteiger partial charge in [0.2, 0.25) is 15.9 Å². The number of sulfonamides is 1. The van der Waals surface area contributed by atoms with Crippen LogP contribution in [-0.4, -0.2) is 41.2 Å². The second-order valence-electron chi connectivity index (χ2n) is 10.2. The highest BCUT2D eigenvalue weighted by atomic mass is 32.2. The van der Waals surface area contributed by atoms with Gasteiger partial charge in [-0.3, -0.25) is 4.79 Å². The molecule has 0 spiro atoms. The fraction of sp³-hybridized carbons (Fsp3) is 0.233. The third-order valence-corrected chi connectivity index (χ3v) is 9.03. The summed E-state index contributed by atoms with van der Waals surface area (Å²) in [5.41, 5.74) is -1.52. The molecule has 45 heavy (non-hydrogen) atoms. The molecule has 236 valence electrons. The zero-order chi connectivity index (χ0) is 32.6. The third-order valence-electron chi connectivity index (χ3n) is 7.11. The van der Waals surface area contributed by atoms with Crippen molar-refractivity contribution < 1.29 is 43.9 Å². The first-order chi connectivity index (χ1) is 21.1. The van der Waals surface area contributed by atoms with Gasteiger partial charge in [0.15, 0.2) is 5.82 Å².